The van der Waals surface area contributed by atoms with Crippen molar-refractivity contribution < 1.29 is 23.7 Å². The molecule has 0 radical (unpaired) electrons. The van der Waals surface area contributed by atoms with Crippen LogP contribution in [0.3, 0.4) is 0 Å². The van der Waals surface area contributed by atoms with Gasteiger partial charge in [-0.2, -0.15) is 0 Å². The first-order valence-electron chi connectivity index (χ1n) is 8.58. The smallest absolute Gasteiger partial charge is 0.323 e. The van der Waals surface area contributed by atoms with Crippen molar-refractivity contribution in [2.45, 2.75) is 65.4 Å². The first-order chi connectivity index (χ1) is 10.8. The van der Waals surface area contributed by atoms with Crippen molar-refractivity contribution in [3.8, 4) is 0 Å². The highest BCUT2D eigenvalue weighted by atomic mass is 35.5. The maximum absolute atomic E-state index is 12.0. The Labute approximate surface area is 152 Å². The predicted octanol–water partition coefficient (Wildman–Crippen LogP) is 2.17. The average molecular weight is 368 g/mol. The van der Waals surface area contributed by atoms with Gasteiger partial charge in [0.25, 0.3) is 0 Å². The zero-order valence-corrected chi connectivity index (χ0v) is 16.3. The molecule has 24 heavy (non-hydrogen) atoms. The summed E-state index contributed by atoms with van der Waals surface area (Å²) >= 11 is 0. The van der Waals surface area contributed by atoms with Gasteiger partial charge in [0.05, 0.1) is 6.61 Å². The second-order valence-electron chi connectivity index (χ2n) is 7.07. The van der Waals surface area contributed by atoms with Crippen LogP contribution in [0.25, 0.3) is 0 Å². The van der Waals surface area contributed by atoms with E-state index in [1.165, 1.54) is 0 Å². The van der Waals surface area contributed by atoms with Gasteiger partial charge in [0.15, 0.2) is 0 Å². The monoisotopic (exact) mass is 367 g/mol. The van der Waals surface area contributed by atoms with E-state index >= 15 is 0 Å². The number of carbonyl (C=O) groups is 1. The standard InChI is InChI=1S/C17H33NO5.ClH/c1-11(2)8-21-15-10-20-7-6-14(18)17(19)23-13(5)16(15)22-9-12(3)4;/h11-16H,6-10,18H2,1-5H3;1H/t13-,14-,15-,16-;/m0./s1. The van der Waals surface area contributed by atoms with E-state index in [1.54, 1.807) is 0 Å². The molecule has 1 fully saturated rings. The lowest BCUT2D eigenvalue weighted by atomic mass is 10.1. The van der Waals surface area contributed by atoms with Gasteiger partial charge in [-0.25, -0.2) is 0 Å². The Morgan fingerprint density at radius 3 is 2.33 bits per heavy atom. The van der Waals surface area contributed by atoms with E-state index in [0.29, 0.717) is 44.7 Å². The molecular weight excluding hydrogens is 334 g/mol. The normalized spacial score (nSPS) is 29.2. The third-order valence-electron chi connectivity index (χ3n) is 3.55. The summed E-state index contributed by atoms with van der Waals surface area (Å²) in [4.78, 5) is 12.0. The van der Waals surface area contributed by atoms with Crippen LogP contribution >= 0.6 is 12.4 Å². The summed E-state index contributed by atoms with van der Waals surface area (Å²) in [5.74, 6) is 0.369. The van der Waals surface area contributed by atoms with Gasteiger partial charge < -0.3 is 24.7 Å². The van der Waals surface area contributed by atoms with Crippen molar-refractivity contribution in [1.29, 1.82) is 0 Å². The maximum Gasteiger partial charge on any atom is 0.323 e. The van der Waals surface area contributed by atoms with Crippen LogP contribution in [0, 0.1) is 11.8 Å². The lowest BCUT2D eigenvalue weighted by molar-refractivity contribution is -0.180. The highest BCUT2D eigenvalue weighted by molar-refractivity contribution is 5.85. The van der Waals surface area contributed by atoms with Crippen molar-refractivity contribution in [2.24, 2.45) is 17.6 Å². The van der Waals surface area contributed by atoms with Gasteiger partial charge in [-0.3, -0.25) is 4.79 Å². The van der Waals surface area contributed by atoms with Crippen molar-refractivity contribution in [3.05, 3.63) is 0 Å². The molecule has 0 saturated carbocycles. The fourth-order valence-corrected chi connectivity index (χ4v) is 2.27. The van der Waals surface area contributed by atoms with Crippen LogP contribution in [0.2, 0.25) is 0 Å². The molecule has 0 spiro atoms. The minimum atomic E-state index is -0.656. The Bertz CT molecular complexity index is 354. The maximum atomic E-state index is 12.0. The Morgan fingerprint density at radius 1 is 1.17 bits per heavy atom. The molecule has 2 N–H and O–H groups in total. The quantitative estimate of drug-likeness (QED) is 0.725. The SMILES string of the molecule is CC(C)CO[C@H]1[C@H](C)OC(=O)[C@@H](N)CCOC[C@@H]1OCC(C)C.Cl. The molecular formula is C17H34ClNO5. The molecule has 1 aliphatic rings. The Hall–Kier alpha value is -0.400. The summed E-state index contributed by atoms with van der Waals surface area (Å²) in [6.45, 7) is 12.1. The van der Waals surface area contributed by atoms with E-state index in [-0.39, 0.29) is 24.6 Å². The summed E-state index contributed by atoms with van der Waals surface area (Å²) in [5, 5.41) is 0. The summed E-state index contributed by atoms with van der Waals surface area (Å²) in [5.41, 5.74) is 5.80. The lowest BCUT2D eigenvalue weighted by Crippen LogP contribution is -2.48. The summed E-state index contributed by atoms with van der Waals surface area (Å²) in [6, 6.07) is -0.656. The van der Waals surface area contributed by atoms with E-state index in [1.807, 2.05) is 6.92 Å². The summed E-state index contributed by atoms with van der Waals surface area (Å²) < 4.78 is 23.1. The van der Waals surface area contributed by atoms with E-state index in [9.17, 15) is 4.79 Å². The third-order valence-corrected chi connectivity index (χ3v) is 3.55. The molecule has 0 bridgehead atoms. The van der Waals surface area contributed by atoms with Gasteiger partial charge in [0.1, 0.15) is 24.4 Å². The summed E-state index contributed by atoms with van der Waals surface area (Å²) in [7, 11) is 0. The third kappa shape index (κ3) is 8.62. The Balaban J connectivity index is 0.00000529. The molecule has 7 heteroatoms. The first-order valence-corrected chi connectivity index (χ1v) is 8.58. The minimum absolute atomic E-state index is 0. The molecule has 1 aliphatic heterocycles. The number of hydrogen-bond acceptors (Lipinski definition) is 6. The molecule has 144 valence electrons. The van der Waals surface area contributed by atoms with Crippen LogP contribution in [0.4, 0.5) is 0 Å². The molecule has 0 aromatic carbocycles. The number of rotatable bonds is 6. The molecule has 1 rings (SSSR count). The largest absolute Gasteiger partial charge is 0.459 e. The number of cyclic esters (lactones) is 1. The molecule has 0 aliphatic carbocycles. The second kappa shape index (κ2) is 12.0. The van der Waals surface area contributed by atoms with Crippen molar-refractivity contribution in [3.63, 3.8) is 0 Å². The zero-order valence-electron chi connectivity index (χ0n) is 15.5. The van der Waals surface area contributed by atoms with Crippen LogP contribution in [0.1, 0.15) is 41.0 Å². The fourth-order valence-electron chi connectivity index (χ4n) is 2.27. The number of nitrogens with two attached hydrogens (primary N) is 1. The number of halogens is 1. The van der Waals surface area contributed by atoms with E-state index in [0.717, 1.165) is 0 Å². The molecule has 6 nitrogen and oxygen atoms in total. The van der Waals surface area contributed by atoms with E-state index in [4.69, 9.17) is 24.7 Å². The van der Waals surface area contributed by atoms with Crippen molar-refractivity contribution in [1.82, 2.24) is 0 Å². The summed E-state index contributed by atoms with van der Waals surface area (Å²) in [6.07, 6.45) is -0.634. The molecule has 0 aromatic heterocycles. The van der Waals surface area contributed by atoms with Crippen LogP contribution in [0.5, 0.6) is 0 Å². The average Bonchev–Trinajstić information content (AvgIpc) is 2.46. The van der Waals surface area contributed by atoms with Gasteiger partial charge in [-0.05, 0) is 25.2 Å². The van der Waals surface area contributed by atoms with Gasteiger partial charge in [0.2, 0.25) is 0 Å². The number of ether oxygens (including phenoxy) is 4. The molecule has 0 unspecified atom stereocenters. The first kappa shape index (κ1) is 23.6. The van der Waals surface area contributed by atoms with E-state index in [2.05, 4.69) is 27.7 Å². The van der Waals surface area contributed by atoms with Gasteiger partial charge >= 0.3 is 5.97 Å². The molecule has 1 saturated heterocycles. The Kier molecular flexibility index (Phi) is 11.8. The molecule has 1 heterocycles. The number of carbonyl (C=O) groups excluding carboxylic acids is 1. The number of hydrogen-bond donors (Lipinski definition) is 1. The van der Waals surface area contributed by atoms with Gasteiger partial charge in [-0.1, -0.05) is 27.7 Å². The minimum Gasteiger partial charge on any atom is -0.459 e. The molecule has 0 amide bonds. The van der Waals surface area contributed by atoms with Crippen molar-refractivity contribution >= 4 is 18.4 Å². The van der Waals surface area contributed by atoms with Gasteiger partial charge in [0, 0.05) is 19.8 Å². The molecule has 0 aromatic rings. The Morgan fingerprint density at radius 2 is 1.75 bits per heavy atom. The van der Waals surface area contributed by atoms with Crippen LogP contribution in [0.15, 0.2) is 0 Å². The highest BCUT2D eigenvalue weighted by Crippen LogP contribution is 2.17. The fraction of sp³-hybridized carbons (Fsp3) is 0.941. The van der Waals surface area contributed by atoms with E-state index < -0.39 is 18.1 Å². The topological polar surface area (TPSA) is 80.0 Å². The highest BCUT2D eigenvalue weighted by Gasteiger charge is 2.34. The van der Waals surface area contributed by atoms with Crippen LogP contribution < -0.4 is 5.73 Å². The number of esters is 1. The molecule has 4 atom stereocenters. The van der Waals surface area contributed by atoms with Crippen LogP contribution in [-0.4, -0.2) is 56.8 Å². The second-order valence-corrected chi connectivity index (χ2v) is 7.07. The zero-order chi connectivity index (χ0) is 17.4. The lowest BCUT2D eigenvalue weighted by Gasteiger charge is -2.33. The predicted molar refractivity (Wildman–Crippen MR) is 95.4 cm³/mol. The van der Waals surface area contributed by atoms with Gasteiger partial charge in [-0.15, -0.1) is 12.4 Å². The van der Waals surface area contributed by atoms with Crippen molar-refractivity contribution in [2.75, 3.05) is 26.4 Å². The van der Waals surface area contributed by atoms with Crippen LogP contribution in [-0.2, 0) is 23.7 Å².